The number of piperidine rings is 1. The van der Waals surface area contributed by atoms with Gasteiger partial charge in [-0.1, -0.05) is 18.2 Å². The standard InChI is InChI=1S/C20H22N2O3/c1-11-15-9-22-7-6-13-12-4-2-3-5-17(12)21-19(13)18(22)8-14(15)16(10-25-11)20(23)24/h2-5,10-11,14-15,18,21H,6-9H2,1H3,(H,23,24)/t11-,14?,15?,18?/m0/s1. The van der Waals surface area contributed by atoms with E-state index in [4.69, 9.17) is 4.74 Å². The molecule has 3 aliphatic heterocycles. The Labute approximate surface area is 146 Å². The quantitative estimate of drug-likeness (QED) is 0.839. The third-order valence-electron chi connectivity index (χ3n) is 6.37. The van der Waals surface area contributed by atoms with Crippen LogP contribution in [0.1, 0.15) is 30.6 Å². The maximum Gasteiger partial charge on any atom is 0.334 e. The maximum absolute atomic E-state index is 11.7. The van der Waals surface area contributed by atoms with Gasteiger partial charge in [-0.15, -0.1) is 0 Å². The van der Waals surface area contributed by atoms with Crippen LogP contribution in [-0.2, 0) is 16.0 Å². The first-order valence-electron chi connectivity index (χ1n) is 9.06. The van der Waals surface area contributed by atoms with Gasteiger partial charge in [0, 0.05) is 41.5 Å². The van der Waals surface area contributed by atoms with Gasteiger partial charge in [-0.25, -0.2) is 4.79 Å². The van der Waals surface area contributed by atoms with E-state index in [1.165, 1.54) is 28.4 Å². The third-order valence-corrected chi connectivity index (χ3v) is 6.37. The molecular formula is C20H22N2O3. The van der Waals surface area contributed by atoms with Gasteiger partial charge in [-0.2, -0.15) is 0 Å². The monoisotopic (exact) mass is 338 g/mol. The number of nitrogens with zero attached hydrogens (tertiary/aromatic N) is 1. The Bertz CT molecular complexity index is 884. The number of nitrogens with one attached hydrogen (secondary N) is 1. The molecule has 2 aromatic rings. The fourth-order valence-electron chi connectivity index (χ4n) is 5.08. The summed E-state index contributed by atoms with van der Waals surface area (Å²) in [5.41, 5.74) is 4.32. The normalized spacial score (nSPS) is 31.5. The van der Waals surface area contributed by atoms with Crippen molar-refractivity contribution < 1.29 is 14.6 Å². The number of hydrogen-bond donors (Lipinski definition) is 2. The lowest BCUT2D eigenvalue weighted by atomic mass is 9.72. The molecule has 2 N–H and O–H groups in total. The smallest absolute Gasteiger partial charge is 0.334 e. The molecule has 0 radical (unpaired) electrons. The molecule has 0 aliphatic carbocycles. The number of carboxylic acids is 1. The van der Waals surface area contributed by atoms with E-state index in [1.807, 2.05) is 0 Å². The summed E-state index contributed by atoms with van der Waals surface area (Å²) >= 11 is 0. The molecule has 1 aromatic carbocycles. The molecule has 5 rings (SSSR count). The van der Waals surface area contributed by atoms with Crippen molar-refractivity contribution in [1.82, 2.24) is 9.88 Å². The summed E-state index contributed by atoms with van der Waals surface area (Å²) in [7, 11) is 0. The molecule has 4 heterocycles. The molecule has 1 fully saturated rings. The summed E-state index contributed by atoms with van der Waals surface area (Å²) in [6.07, 6.45) is 3.44. The minimum absolute atomic E-state index is 0.0554. The highest BCUT2D eigenvalue weighted by molar-refractivity contribution is 5.87. The molecule has 0 saturated carbocycles. The Morgan fingerprint density at radius 2 is 2.20 bits per heavy atom. The van der Waals surface area contributed by atoms with Crippen LogP contribution in [0.3, 0.4) is 0 Å². The minimum Gasteiger partial charge on any atom is -0.497 e. The maximum atomic E-state index is 11.7. The van der Waals surface area contributed by atoms with Crippen LogP contribution in [0.5, 0.6) is 0 Å². The van der Waals surface area contributed by atoms with Crippen LogP contribution in [0, 0.1) is 11.8 Å². The van der Waals surface area contributed by atoms with Crippen molar-refractivity contribution in [3.63, 3.8) is 0 Å². The zero-order valence-corrected chi connectivity index (χ0v) is 14.2. The highest BCUT2D eigenvalue weighted by atomic mass is 16.5. The topological polar surface area (TPSA) is 65.6 Å². The summed E-state index contributed by atoms with van der Waals surface area (Å²) in [6.45, 7) is 3.99. The number of H-pyrrole nitrogens is 1. The van der Waals surface area contributed by atoms with Gasteiger partial charge < -0.3 is 14.8 Å². The second kappa shape index (κ2) is 5.36. The van der Waals surface area contributed by atoms with Crippen LogP contribution >= 0.6 is 0 Å². The Hall–Kier alpha value is -2.27. The van der Waals surface area contributed by atoms with E-state index in [0.717, 1.165) is 25.9 Å². The number of benzene rings is 1. The van der Waals surface area contributed by atoms with Gasteiger partial charge in [0.2, 0.25) is 0 Å². The number of fused-ring (bicyclic) bond motifs is 6. The average molecular weight is 338 g/mol. The van der Waals surface area contributed by atoms with Gasteiger partial charge in [0.15, 0.2) is 0 Å². The molecule has 3 unspecified atom stereocenters. The highest BCUT2D eigenvalue weighted by Gasteiger charge is 2.46. The van der Waals surface area contributed by atoms with Gasteiger partial charge in [-0.05, 0) is 31.4 Å². The van der Waals surface area contributed by atoms with Crippen molar-refractivity contribution in [2.45, 2.75) is 31.9 Å². The molecule has 0 spiro atoms. The minimum atomic E-state index is -0.844. The van der Waals surface area contributed by atoms with E-state index >= 15 is 0 Å². The van der Waals surface area contributed by atoms with Gasteiger partial charge in [0.25, 0.3) is 0 Å². The van der Waals surface area contributed by atoms with Crippen molar-refractivity contribution in [3.8, 4) is 0 Å². The summed E-state index contributed by atoms with van der Waals surface area (Å²) in [5, 5.41) is 10.9. The molecule has 1 saturated heterocycles. The Kier molecular flexibility index (Phi) is 3.22. The molecular weight excluding hydrogens is 316 g/mol. The number of carboxylic acid groups (broad SMARTS) is 1. The van der Waals surface area contributed by atoms with Crippen molar-refractivity contribution >= 4 is 16.9 Å². The first kappa shape index (κ1) is 15.0. The van der Waals surface area contributed by atoms with Gasteiger partial charge >= 0.3 is 5.97 Å². The Morgan fingerprint density at radius 1 is 1.36 bits per heavy atom. The molecule has 0 amide bonds. The summed E-state index contributed by atoms with van der Waals surface area (Å²) in [6, 6.07) is 8.73. The lowest BCUT2D eigenvalue weighted by molar-refractivity contribution is -0.135. The van der Waals surface area contributed by atoms with Crippen LogP contribution in [-0.4, -0.2) is 40.2 Å². The van der Waals surface area contributed by atoms with E-state index in [9.17, 15) is 9.90 Å². The molecule has 3 aliphatic rings. The largest absolute Gasteiger partial charge is 0.497 e. The molecule has 1 aromatic heterocycles. The molecule has 130 valence electrons. The Balaban J connectivity index is 1.57. The predicted octanol–water partition coefficient (Wildman–Crippen LogP) is 3.09. The van der Waals surface area contributed by atoms with Crippen molar-refractivity contribution in [1.29, 1.82) is 0 Å². The number of para-hydroxylation sites is 1. The average Bonchev–Trinajstić information content (AvgIpc) is 3.00. The number of ether oxygens (including phenoxy) is 1. The molecule has 25 heavy (non-hydrogen) atoms. The predicted molar refractivity (Wildman–Crippen MR) is 94.2 cm³/mol. The second-order valence-corrected chi connectivity index (χ2v) is 7.55. The summed E-state index contributed by atoms with van der Waals surface area (Å²) in [4.78, 5) is 17.8. The van der Waals surface area contributed by atoms with Crippen LogP contribution < -0.4 is 0 Å². The van der Waals surface area contributed by atoms with Crippen molar-refractivity contribution in [3.05, 3.63) is 47.4 Å². The molecule has 0 bridgehead atoms. The van der Waals surface area contributed by atoms with E-state index in [-0.39, 0.29) is 24.0 Å². The van der Waals surface area contributed by atoms with Gasteiger partial charge in [-0.3, -0.25) is 4.90 Å². The number of carbonyl (C=O) groups is 1. The Morgan fingerprint density at radius 3 is 3.04 bits per heavy atom. The van der Waals surface area contributed by atoms with E-state index in [0.29, 0.717) is 5.57 Å². The molecule has 4 atom stereocenters. The fraction of sp³-hybridized carbons (Fsp3) is 0.450. The second-order valence-electron chi connectivity index (χ2n) is 7.55. The lowest BCUT2D eigenvalue weighted by Gasteiger charge is -2.49. The summed E-state index contributed by atoms with van der Waals surface area (Å²) in [5.74, 6) is -0.541. The first-order chi connectivity index (χ1) is 12.1. The van der Waals surface area contributed by atoms with Crippen LogP contribution in [0.25, 0.3) is 10.9 Å². The number of aromatic nitrogens is 1. The highest BCUT2D eigenvalue weighted by Crippen LogP contribution is 2.47. The SMILES string of the molecule is C[C@@H]1OC=C(C(=O)O)C2CC3c4[nH]c5ccccc5c4CCN3CC21. The number of hydrogen-bond acceptors (Lipinski definition) is 3. The fourth-order valence-corrected chi connectivity index (χ4v) is 5.08. The number of aromatic amines is 1. The van der Waals surface area contributed by atoms with Crippen LogP contribution in [0.15, 0.2) is 36.1 Å². The van der Waals surface area contributed by atoms with E-state index in [2.05, 4.69) is 41.1 Å². The van der Waals surface area contributed by atoms with Crippen LogP contribution in [0.2, 0.25) is 0 Å². The van der Waals surface area contributed by atoms with Crippen LogP contribution in [0.4, 0.5) is 0 Å². The van der Waals surface area contributed by atoms with Crippen molar-refractivity contribution in [2.75, 3.05) is 13.1 Å². The molecule has 5 nitrogen and oxygen atoms in total. The zero-order chi connectivity index (χ0) is 17.1. The number of rotatable bonds is 1. The third kappa shape index (κ3) is 2.15. The first-order valence-corrected chi connectivity index (χ1v) is 9.06. The molecule has 5 heteroatoms. The van der Waals surface area contributed by atoms with Gasteiger partial charge in [0.05, 0.1) is 24.0 Å². The van der Waals surface area contributed by atoms with E-state index in [1.54, 1.807) is 0 Å². The van der Waals surface area contributed by atoms with E-state index < -0.39 is 5.97 Å². The lowest BCUT2D eigenvalue weighted by Crippen LogP contribution is -2.51. The van der Waals surface area contributed by atoms with Gasteiger partial charge in [0.1, 0.15) is 0 Å². The number of aliphatic carboxylic acids is 1. The zero-order valence-electron chi connectivity index (χ0n) is 14.2. The van der Waals surface area contributed by atoms with Crippen molar-refractivity contribution in [2.24, 2.45) is 11.8 Å². The summed E-state index contributed by atoms with van der Waals surface area (Å²) < 4.78 is 5.64.